The van der Waals surface area contributed by atoms with Crippen molar-refractivity contribution in [3.05, 3.63) is 90.4 Å². The van der Waals surface area contributed by atoms with Crippen molar-refractivity contribution in [3.8, 4) is 11.3 Å². The molecule has 138 valence electrons. The lowest BCUT2D eigenvalue weighted by atomic mass is 10.1. The smallest absolute Gasteiger partial charge is 0.214 e. The molecular weight excluding hydrogens is 368 g/mol. The molecule has 6 nitrogen and oxygen atoms in total. The summed E-state index contributed by atoms with van der Waals surface area (Å²) in [6, 6.07) is 20.6. The number of aromatic nitrogens is 5. The number of nitrogens with one attached hydrogen (secondary N) is 1. The number of benzene rings is 2. The Morgan fingerprint density at radius 2 is 1.75 bits per heavy atom. The number of fused-ring (bicyclic) bond motifs is 1. The van der Waals surface area contributed by atoms with Crippen LogP contribution in [0.2, 0.25) is 0 Å². The SMILES string of the molecule is c1ccc(-c2cn3nc(NCc4ccc(Cn5cccn5)cc4)sc3n2)cc1. The minimum absolute atomic E-state index is 0.726. The molecule has 3 heterocycles. The number of nitrogens with zero attached hydrogens (tertiary/aromatic N) is 5. The molecule has 0 amide bonds. The first-order valence-electron chi connectivity index (χ1n) is 9.04. The Bertz CT molecular complexity index is 1140. The lowest BCUT2D eigenvalue weighted by Gasteiger charge is -2.05. The molecule has 0 unspecified atom stereocenters. The molecule has 0 saturated heterocycles. The molecule has 0 fully saturated rings. The zero-order chi connectivity index (χ0) is 18.8. The van der Waals surface area contributed by atoms with E-state index in [0.29, 0.717) is 0 Å². The fourth-order valence-corrected chi connectivity index (χ4v) is 3.82. The van der Waals surface area contributed by atoms with Crippen LogP contribution in [0.4, 0.5) is 5.13 Å². The van der Waals surface area contributed by atoms with Crippen molar-refractivity contribution < 1.29 is 0 Å². The number of hydrogen-bond donors (Lipinski definition) is 1. The molecule has 0 bridgehead atoms. The minimum Gasteiger partial charge on any atom is -0.356 e. The molecule has 7 heteroatoms. The predicted molar refractivity (Wildman–Crippen MR) is 111 cm³/mol. The van der Waals surface area contributed by atoms with Crippen LogP contribution >= 0.6 is 11.3 Å². The van der Waals surface area contributed by atoms with Gasteiger partial charge in [0.15, 0.2) is 0 Å². The molecule has 28 heavy (non-hydrogen) atoms. The second-order valence-corrected chi connectivity index (χ2v) is 7.46. The van der Waals surface area contributed by atoms with Crippen molar-refractivity contribution in [1.82, 2.24) is 24.4 Å². The predicted octanol–water partition coefficient (Wildman–Crippen LogP) is 4.31. The van der Waals surface area contributed by atoms with Crippen LogP contribution in [0.5, 0.6) is 0 Å². The molecule has 0 radical (unpaired) electrons. The Kier molecular flexibility index (Phi) is 4.34. The van der Waals surface area contributed by atoms with Gasteiger partial charge in [-0.05, 0) is 17.2 Å². The fraction of sp³-hybridized carbons (Fsp3) is 0.0952. The number of imidazole rings is 1. The summed E-state index contributed by atoms with van der Waals surface area (Å²) in [7, 11) is 0. The van der Waals surface area contributed by atoms with Crippen LogP contribution in [0.15, 0.2) is 79.3 Å². The second kappa shape index (κ2) is 7.28. The van der Waals surface area contributed by atoms with E-state index in [9.17, 15) is 0 Å². The van der Waals surface area contributed by atoms with Crippen LogP contribution in [0.3, 0.4) is 0 Å². The van der Waals surface area contributed by atoms with Gasteiger partial charge in [-0.3, -0.25) is 4.68 Å². The molecule has 5 aromatic rings. The van der Waals surface area contributed by atoms with E-state index in [1.54, 1.807) is 17.5 Å². The summed E-state index contributed by atoms with van der Waals surface area (Å²) in [6.45, 7) is 1.51. The van der Waals surface area contributed by atoms with E-state index in [4.69, 9.17) is 0 Å². The Morgan fingerprint density at radius 1 is 0.929 bits per heavy atom. The van der Waals surface area contributed by atoms with E-state index in [2.05, 4.69) is 56.9 Å². The van der Waals surface area contributed by atoms with Crippen molar-refractivity contribution in [1.29, 1.82) is 0 Å². The third-order valence-electron chi connectivity index (χ3n) is 4.48. The highest BCUT2D eigenvalue weighted by Gasteiger charge is 2.09. The Hall–Kier alpha value is -3.45. The first kappa shape index (κ1) is 16.7. The number of rotatable bonds is 6. The maximum absolute atomic E-state index is 4.68. The zero-order valence-corrected chi connectivity index (χ0v) is 15.9. The second-order valence-electron chi connectivity index (χ2n) is 6.50. The summed E-state index contributed by atoms with van der Waals surface area (Å²) >= 11 is 1.56. The van der Waals surface area contributed by atoms with Crippen molar-refractivity contribution in [2.45, 2.75) is 13.1 Å². The summed E-state index contributed by atoms with van der Waals surface area (Å²) in [5, 5.41) is 13.1. The fourth-order valence-electron chi connectivity index (χ4n) is 3.04. The maximum atomic E-state index is 4.68. The Balaban J connectivity index is 1.24. The Morgan fingerprint density at radius 3 is 2.50 bits per heavy atom. The lowest BCUT2D eigenvalue weighted by molar-refractivity contribution is 0.686. The lowest BCUT2D eigenvalue weighted by Crippen LogP contribution is -2.02. The average molecular weight is 386 g/mol. The largest absolute Gasteiger partial charge is 0.356 e. The topological polar surface area (TPSA) is 60.0 Å². The van der Waals surface area contributed by atoms with Gasteiger partial charge in [-0.15, -0.1) is 5.10 Å². The van der Waals surface area contributed by atoms with Crippen molar-refractivity contribution in [2.24, 2.45) is 0 Å². The molecule has 0 atom stereocenters. The summed E-state index contributed by atoms with van der Waals surface area (Å²) in [6.07, 6.45) is 5.74. The van der Waals surface area contributed by atoms with E-state index in [-0.39, 0.29) is 0 Å². The van der Waals surface area contributed by atoms with Gasteiger partial charge >= 0.3 is 0 Å². The highest BCUT2D eigenvalue weighted by atomic mass is 32.1. The van der Waals surface area contributed by atoms with Gasteiger partial charge in [-0.1, -0.05) is 65.9 Å². The molecule has 0 aliphatic heterocycles. The first-order chi connectivity index (χ1) is 13.8. The summed E-state index contributed by atoms with van der Waals surface area (Å²) in [5.41, 5.74) is 4.49. The van der Waals surface area contributed by atoms with Crippen molar-refractivity contribution >= 4 is 21.4 Å². The van der Waals surface area contributed by atoms with Crippen LogP contribution in [-0.4, -0.2) is 24.4 Å². The maximum Gasteiger partial charge on any atom is 0.214 e. The van der Waals surface area contributed by atoms with Crippen LogP contribution in [-0.2, 0) is 13.1 Å². The Labute approximate surface area is 166 Å². The molecule has 5 rings (SSSR count). The molecule has 0 saturated carbocycles. The third-order valence-corrected chi connectivity index (χ3v) is 5.36. The van der Waals surface area contributed by atoms with E-state index < -0.39 is 0 Å². The van der Waals surface area contributed by atoms with Crippen LogP contribution in [0.25, 0.3) is 16.2 Å². The van der Waals surface area contributed by atoms with E-state index >= 15 is 0 Å². The van der Waals surface area contributed by atoms with Gasteiger partial charge in [-0.2, -0.15) is 5.10 Å². The number of hydrogen-bond acceptors (Lipinski definition) is 5. The van der Waals surface area contributed by atoms with E-state index in [1.807, 2.05) is 45.9 Å². The monoisotopic (exact) mass is 386 g/mol. The molecule has 1 N–H and O–H groups in total. The third kappa shape index (κ3) is 3.52. The molecule has 0 aliphatic rings. The highest BCUT2D eigenvalue weighted by Crippen LogP contribution is 2.24. The van der Waals surface area contributed by atoms with Crippen LogP contribution < -0.4 is 5.32 Å². The molecule has 2 aromatic carbocycles. The van der Waals surface area contributed by atoms with Crippen molar-refractivity contribution in [3.63, 3.8) is 0 Å². The average Bonchev–Trinajstić information content (AvgIpc) is 3.45. The van der Waals surface area contributed by atoms with Gasteiger partial charge in [0.25, 0.3) is 0 Å². The minimum atomic E-state index is 0.726. The van der Waals surface area contributed by atoms with Crippen LogP contribution in [0.1, 0.15) is 11.1 Å². The quantitative estimate of drug-likeness (QED) is 0.472. The van der Waals surface area contributed by atoms with Gasteiger partial charge in [0.05, 0.1) is 18.4 Å². The van der Waals surface area contributed by atoms with Crippen LogP contribution in [0, 0.1) is 0 Å². The standard InChI is InChI=1S/C21H18N6S/c1-2-5-18(6-3-1)19-15-27-21(24-19)28-20(25-27)22-13-16-7-9-17(10-8-16)14-26-12-4-11-23-26/h1-12,15H,13-14H2,(H,22,25). The van der Waals surface area contributed by atoms with Gasteiger partial charge in [0.2, 0.25) is 10.1 Å². The van der Waals surface area contributed by atoms with E-state index in [0.717, 1.165) is 34.4 Å². The number of anilines is 1. The summed E-state index contributed by atoms with van der Waals surface area (Å²) < 4.78 is 3.75. The molecule has 0 aliphatic carbocycles. The van der Waals surface area contributed by atoms with Gasteiger partial charge in [0, 0.05) is 24.5 Å². The summed E-state index contributed by atoms with van der Waals surface area (Å²) in [4.78, 5) is 5.56. The first-order valence-corrected chi connectivity index (χ1v) is 9.86. The zero-order valence-electron chi connectivity index (χ0n) is 15.1. The van der Waals surface area contributed by atoms with Crippen molar-refractivity contribution in [2.75, 3.05) is 5.32 Å². The van der Waals surface area contributed by atoms with Gasteiger partial charge in [0.1, 0.15) is 0 Å². The molecule has 3 aromatic heterocycles. The molecule has 0 spiro atoms. The van der Waals surface area contributed by atoms with E-state index in [1.165, 1.54) is 11.1 Å². The highest BCUT2D eigenvalue weighted by molar-refractivity contribution is 7.20. The summed E-state index contributed by atoms with van der Waals surface area (Å²) in [5.74, 6) is 0. The normalized spacial score (nSPS) is 11.1. The molecular formula is C21H18N6S. The van der Waals surface area contributed by atoms with Gasteiger partial charge < -0.3 is 5.32 Å². The van der Waals surface area contributed by atoms with Gasteiger partial charge in [-0.25, -0.2) is 9.50 Å².